The monoisotopic (exact) mass is 256 g/mol. The molecule has 98 valence electrons. The number of hydrogen-bond donors (Lipinski definition) is 2. The number of benzene rings is 1. The van der Waals surface area contributed by atoms with Crippen LogP contribution in [0, 0.1) is 11.6 Å². The van der Waals surface area contributed by atoms with E-state index in [2.05, 4.69) is 5.32 Å². The molecule has 1 unspecified atom stereocenters. The summed E-state index contributed by atoms with van der Waals surface area (Å²) >= 11 is 0. The van der Waals surface area contributed by atoms with E-state index in [-0.39, 0.29) is 17.8 Å². The van der Waals surface area contributed by atoms with Gasteiger partial charge in [0.15, 0.2) is 0 Å². The van der Waals surface area contributed by atoms with Gasteiger partial charge in [0.25, 0.3) is 5.91 Å². The maximum atomic E-state index is 13.5. The highest BCUT2D eigenvalue weighted by molar-refractivity contribution is 5.94. The number of nitrogens with one attached hydrogen (secondary N) is 1. The van der Waals surface area contributed by atoms with E-state index in [4.69, 9.17) is 0 Å². The van der Waals surface area contributed by atoms with Crippen LogP contribution in [-0.4, -0.2) is 42.2 Å². The molecule has 0 aromatic heterocycles. The highest BCUT2D eigenvalue weighted by Gasteiger charge is 2.26. The number of hydrogen-bond acceptors (Lipinski definition) is 3. The molecule has 0 saturated carbocycles. The Labute approximate surface area is 103 Å². The Hall–Kier alpha value is -1.69. The van der Waals surface area contributed by atoms with Gasteiger partial charge in [-0.05, 0) is 18.6 Å². The van der Waals surface area contributed by atoms with E-state index in [1.807, 2.05) is 0 Å². The summed E-state index contributed by atoms with van der Waals surface area (Å²) in [6.45, 7) is 0.604. The molecule has 1 saturated heterocycles. The van der Waals surface area contributed by atoms with E-state index in [0.717, 1.165) is 12.1 Å². The third-order valence-electron chi connectivity index (χ3n) is 2.99. The van der Waals surface area contributed by atoms with Gasteiger partial charge in [0, 0.05) is 25.7 Å². The number of nitrogens with zero attached hydrogens (tertiary/aromatic N) is 1. The van der Waals surface area contributed by atoms with E-state index in [9.17, 15) is 18.7 Å². The van der Waals surface area contributed by atoms with Crippen molar-refractivity contribution >= 4 is 11.6 Å². The van der Waals surface area contributed by atoms with Crippen LogP contribution in [-0.2, 0) is 0 Å². The van der Waals surface area contributed by atoms with Gasteiger partial charge in [0.1, 0.15) is 17.3 Å². The molecule has 1 heterocycles. The van der Waals surface area contributed by atoms with Gasteiger partial charge in [-0.25, -0.2) is 8.78 Å². The maximum absolute atomic E-state index is 13.5. The fourth-order valence-electron chi connectivity index (χ4n) is 2.04. The molecule has 1 aromatic carbocycles. The van der Waals surface area contributed by atoms with Crippen molar-refractivity contribution in [1.82, 2.24) is 4.90 Å². The predicted octanol–water partition coefficient (Wildman–Crippen LogP) is 1.21. The molecule has 6 heteroatoms. The van der Waals surface area contributed by atoms with Gasteiger partial charge in [-0.3, -0.25) is 4.79 Å². The number of aliphatic hydroxyl groups excluding tert-OH is 1. The number of carbonyl (C=O) groups is 1. The van der Waals surface area contributed by atoms with Gasteiger partial charge in [0.2, 0.25) is 0 Å². The maximum Gasteiger partial charge on any atom is 0.254 e. The number of likely N-dealkylation sites (tertiary alicyclic amines) is 1. The van der Waals surface area contributed by atoms with Crippen LogP contribution in [0.3, 0.4) is 0 Å². The van der Waals surface area contributed by atoms with Crippen molar-refractivity contribution in [2.24, 2.45) is 0 Å². The zero-order valence-electron chi connectivity index (χ0n) is 9.91. The lowest BCUT2D eigenvalue weighted by Crippen LogP contribution is -2.29. The lowest BCUT2D eigenvalue weighted by atomic mass is 10.1. The van der Waals surface area contributed by atoms with E-state index in [0.29, 0.717) is 13.0 Å². The second kappa shape index (κ2) is 4.89. The molecule has 1 amide bonds. The fourth-order valence-corrected chi connectivity index (χ4v) is 2.04. The first kappa shape index (κ1) is 12.8. The van der Waals surface area contributed by atoms with Crippen molar-refractivity contribution in [3.05, 3.63) is 29.3 Å². The van der Waals surface area contributed by atoms with Crippen molar-refractivity contribution in [3.63, 3.8) is 0 Å². The minimum absolute atomic E-state index is 0.0434. The molecule has 18 heavy (non-hydrogen) atoms. The Morgan fingerprint density at radius 3 is 2.50 bits per heavy atom. The second-order valence-electron chi connectivity index (χ2n) is 4.26. The van der Waals surface area contributed by atoms with Crippen molar-refractivity contribution in [2.45, 2.75) is 12.5 Å². The molecule has 1 aromatic rings. The number of amides is 1. The van der Waals surface area contributed by atoms with Crippen LogP contribution < -0.4 is 5.32 Å². The number of rotatable bonds is 2. The molecule has 1 fully saturated rings. The normalized spacial score (nSPS) is 19.1. The molecule has 1 atom stereocenters. The fraction of sp³-hybridized carbons (Fsp3) is 0.417. The summed E-state index contributed by atoms with van der Waals surface area (Å²) in [6, 6.07) is 2.00. The summed E-state index contributed by atoms with van der Waals surface area (Å²) in [5.74, 6) is -2.08. The van der Waals surface area contributed by atoms with Crippen LogP contribution in [0.5, 0.6) is 0 Å². The Morgan fingerprint density at radius 1 is 1.44 bits per heavy atom. The van der Waals surface area contributed by atoms with Crippen LogP contribution >= 0.6 is 0 Å². The first-order chi connectivity index (χ1) is 8.52. The molecule has 2 rings (SSSR count). The number of aliphatic hydroxyl groups is 1. The van der Waals surface area contributed by atoms with Gasteiger partial charge >= 0.3 is 0 Å². The Balaban J connectivity index is 2.26. The predicted molar refractivity (Wildman–Crippen MR) is 62.4 cm³/mol. The van der Waals surface area contributed by atoms with E-state index in [1.54, 1.807) is 0 Å². The van der Waals surface area contributed by atoms with Crippen LogP contribution in [0.2, 0.25) is 0 Å². The van der Waals surface area contributed by atoms with Crippen molar-refractivity contribution in [3.8, 4) is 0 Å². The van der Waals surface area contributed by atoms with Crippen molar-refractivity contribution in [1.29, 1.82) is 0 Å². The third kappa shape index (κ3) is 2.28. The Kier molecular flexibility index (Phi) is 3.47. The topological polar surface area (TPSA) is 52.6 Å². The van der Waals surface area contributed by atoms with E-state index < -0.39 is 23.6 Å². The highest BCUT2D eigenvalue weighted by Crippen LogP contribution is 2.22. The first-order valence-electron chi connectivity index (χ1n) is 5.67. The van der Waals surface area contributed by atoms with Crippen LogP contribution in [0.4, 0.5) is 14.5 Å². The van der Waals surface area contributed by atoms with Crippen molar-refractivity contribution in [2.75, 3.05) is 25.5 Å². The summed E-state index contributed by atoms with van der Waals surface area (Å²) in [5, 5.41) is 11.7. The average Bonchev–Trinajstić information content (AvgIpc) is 2.74. The molecule has 0 aliphatic carbocycles. The zero-order valence-corrected chi connectivity index (χ0v) is 9.91. The summed E-state index contributed by atoms with van der Waals surface area (Å²) < 4.78 is 27.0. The largest absolute Gasteiger partial charge is 0.391 e. The number of β-amino-alcohol motifs (C(OH)–C–C–N with tert-alkyl or cyclic N) is 1. The van der Waals surface area contributed by atoms with Gasteiger partial charge < -0.3 is 15.3 Å². The molecule has 1 aliphatic heterocycles. The molecule has 0 radical (unpaired) electrons. The standard InChI is InChI=1S/C12H14F2N2O2/c1-15-11-9(13)4-7(5-10(11)14)12(18)16-3-2-8(17)6-16/h4-5,8,15,17H,2-3,6H2,1H3. The summed E-state index contributed by atoms with van der Waals surface area (Å²) in [4.78, 5) is 13.3. The first-order valence-corrected chi connectivity index (χ1v) is 5.67. The lowest BCUT2D eigenvalue weighted by molar-refractivity contribution is 0.0764. The average molecular weight is 256 g/mol. The van der Waals surface area contributed by atoms with Gasteiger partial charge in [-0.15, -0.1) is 0 Å². The highest BCUT2D eigenvalue weighted by atomic mass is 19.1. The quantitative estimate of drug-likeness (QED) is 0.836. The smallest absolute Gasteiger partial charge is 0.254 e. The van der Waals surface area contributed by atoms with E-state index >= 15 is 0 Å². The third-order valence-corrected chi connectivity index (χ3v) is 2.99. The Bertz CT molecular complexity index is 456. The molecule has 1 aliphatic rings. The number of carbonyl (C=O) groups excluding carboxylic acids is 1. The van der Waals surface area contributed by atoms with Crippen LogP contribution in [0.15, 0.2) is 12.1 Å². The molecular formula is C12H14F2N2O2. The van der Waals surface area contributed by atoms with Gasteiger partial charge in [0.05, 0.1) is 6.10 Å². The second-order valence-corrected chi connectivity index (χ2v) is 4.26. The summed E-state index contributed by atoms with van der Waals surface area (Å²) in [5.41, 5.74) is -0.300. The van der Waals surface area contributed by atoms with E-state index in [1.165, 1.54) is 11.9 Å². The minimum Gasteiger partial charge on any atom is -0.391 e. The number of anilines is 1. The lowest BCUT2D eigenvalue weighted by Gasteiger charge is -2.16. The van der Waals surface area contributed by atoms with Gasteiger partial charge in [-0.1, -0.05) is 0 Å². The molecular weight excluding hydrogens is 242 g/mol. The van der Waals surface area contributed by atoms with Gasteiger partial charge in [-0.2, -0.15) is 0 Å². The van der Waals surface area contributed by atoms with Crippen molar-refractivity contribution < 1.29 is 18.7 Å². The molecule has 0 spiro atoms. The molecule has 4 nitrogen and oxygen atoms in total. The minimum atomic E-state index is -0.805. The molecule has 2 N–H and O–H groups in total. The summed E-state index contributed by atoms with van der Waals surface area (Å²) in [6.07, 6.45) is -0.0640. The zero-order chi connectivity index (χ0) is 13.3. The van der Waals surface area contributed by atoms with Crippen LogP contribution in [0.25, 0.3) is 0 Å². The number of halogens is 2. The Morgan fingerprint density at radius 2 is 2.06 bits per heavy atom. The summed E-state index contributed by atoms with van der Waals surface area (Å²) in [7, 11) is 1.40. The SMILES string of the molecule is CNc1c(F)cc(C(=O)N2CCC(O)C2)cc1F. The molecule has 0 bridgehead atoms. The van der Waals surface area contributed by atoms with Crippen LogP contribution in [0.1, 0.15) is 16.8 Å².